The van der Waals surface area contributed by atoms with Crippen molar-refractivity contribution in [3.63, 3.8) is 0 Å². The molecule has 0 saturated heterocycles. The van der Waals surface area contributed by atoms with Crippen LogP contribution in [0.15, 0.2) is 67.3 Å². The summed E-state index contributed by atoms with van der Waals surface area (Å²) in [6.07, 6.45) is 3.90. The van der Waals surface area contributed by atoms with Gasteiger partial charge in [-0.2, -0.15) is 0 Å². The predicted molar refractivity (Wildman–Crippen MR) is 113 cm³/mol. The lowest BCUT2D eigenvalue weighted by Gasteiger charge is -2.24. The van der Waals surface area contributed by atoms with Crippen molar-refractivity contribution in [3.05, 3.63) is 84.0 Å². The standard InChI is InChI=1S/C19H21NO2.C4H4O4/c1-2-9-20-10-8-15-11-18(21)19(22)12-16(15)17(13-20)14-6-4-3-5-7-14;5-3(6)1-2-4(7)8/h2-7,11-12,17,21-22H,1,8-10,13H2;1-2H,(H,5,6)(H,7,8)/b;2-1-. The van der Waals surface area contributed by atoms with Crippen molar-refractivity contribution in [1.29, 1.82) is 0 Å². The Kier molecular flexibility index (Phi) is 8.19. The van der Waals surface area contributed by atoms with E-state index < -0.39 is 11.9 Å². The van der Waals surface area contributed by atoms with E-state index in [2.05, 4.69) is 23.6 Å². The Bertz CT molecular complexity index is 907. The Hall–Kier alpha value is -3.58. The molecule has 4 N–H and O–H groups in total. The fraction of sp³-hybridized carbons (Fsp3) is 0.217. The molecular weight excluding hydrogens is 386 g/mol. The average Bonchev–Trinajstić information content (AvgIpc) is 2.88. The third-order valence-electron chi connectivity index (χ3n) is 4.71. The van der Waals surface area contributed by atoms with Crippen LogP contribution in [0.4, 0.5) is 0 Å². The highest BCUT2D eigenvalue weighted by atomic mass is 16.4. The number of carboxylic acids is 2. The number of carbonyl (C=O) groups is 2. The van der Waals surface area contributed by atoms with Crippen LogP contribution in [-0.4, -0.2) is 56.9 Å². The van der Waals surface area contributed by atoms with Crippen LogP contribution in [0.2, 0.25) is 0 Å². The summed E-state index contributed by atoms with van der Waals surface area (Å²) in [7, 11) is 0. The van der Waals surface area contributed by atoms with Crippen LogP contribution >= 0.6 is 0 Å². The molecule has 1 unspecified atom stereocenters. The zero-order valence-corrected chi connectivity index (χ0v) is 16.4. The second-order valence-corrected chi connectivity index (χ2v) is 6.81. The molecule has 7 heteroatoms. The van der Waals surface area contributed by atoms with Crippen molar-refractivity contribution < 1.29 is 30.0 Å². The topological polar surface area (TPSA) is 118 Å². The van der Waals surface area contributed by atoms with Gasteiger partial charge in [-0.25, -0.2) is 9.59 Å². The molecule has 3 rings (SSSR count). The molecule has 2 aromatic rings. The summed E-state index contributed by atoms with van der Waals surface area (Å²) in [5.41, 5.74) is 3.44. The molecule has 1 aliphatic heterocycles. The number of carboxylic acid groups (broad SMARTS) is 2. The van der Waals surface area contributed by atoms with Crippen molar-refractivity contribution in [2.75, 3.05) is 19.6 Å². The highest BCUT2D eigenvalue weighted by Gasteiger charge is 2.25. The maximum absolute atomic E-state index is 9.92. The Morgan fingerprint density at radius 2 is 1.63 bits per heavy atom. The molecule has 0 saturated carbocycles. The molecule has 2 aromatic carbocycles. The minimum absolute atomic E-state index is 0.0391. The Labute approximate surface area is 174 Å². The summed E-state index contributed by atoms with van der Waals surface area (Å²) in [6, 6.07) is 13.8. The zero-order valence-electron chi connectivity index (χ0n) is 16.4. The van der Waals surface area contributed by atoms with Gasteiger partial charge in [0.25, 0.3) is 0 Å². The van der Waals surface area contributed by atoms with E-state index in [4.69, 9.17) is 10.2 Å². The third-order valence-corrected chi connectivity index (χ3v) is 4.71. The van der Waals surface area contributed by atoms with E-state index >= 15 is 0 Å². The summed E-state index contributed by atoms with van der Waals surface area (Å²) in [4.78, 5) is 21.5. The van der Waals surface area contributed by atoms with E-state index in [-0.39, 0.29) is 17.4 Å². The van der Waals surface area contributed by atoms with E-state index in [1.165, 1.54) is 5.56 Å². The minimum Gasteiger partial charge on any atom is -0.504 e. The lowest BCUT2D eigenvalue weighted by Crippen LogP contribution is -2.28. The van der Waals surface area contributed by atoms with E-state index in [1.54, 1.807) is 12.1 Å². The molecule has 1 atom stereocenters. The van der Waals surface area contributed by atoms with Gasteiger partial charge in [0, 0.05) is 37.7 Å². The monoisotopic (exact) mass is 411 g/mol. The van der Waals surface area contributed by atoms with Crippen molar-refractivity contribution in [2.24, 2.45) is 0 Å². The van der Waals surface area contributed by atoms with Crippen molar-refractivity contribution in [3.8, 4) is 11.5 Å². The van der Waals surface area contributed by atoms with E-state index in [0.717, 1.165) is 37.2 Å². The van der Waals surface area contributed by atoms with Crippen molar-refractivity contribution in [1.82, 2.24) is 4.90 Å². The van der Waals surface area contributed by atoms with Gasteiger partial charge in [0.05, 0.1) is 0 Å². The molecule has 0 fully saturated rings. The largest absolute Gasteiger partial charge is 0.504 e. The number of aromatic hydroxyl groups is 2. The number of hydrogen-bond donors (Lipinski definition) is 4. The van der Waals surface area contributed by atoms with Crippen LogP contribution in [0, 0.1) is 0 Å². The van der Waals surface area contributed by atoms with Crippen LogP contribution in [0.3, 0.4) is 0 Å². The number of nitrogens with zero attached hydrogens (tertiary/aromatic N) is 1. The molecule has 1 heterocycles. The number of fused-ring (bicyclic) bond motifs is 1. The van der Waals surface area contributed by atoms with E-state index in [9.17, 15) is 19.8 Å². The van der Waals surface area contributed by atoms with Gasteiger partial charge >= 0.3 is 11.9 Å². The summed E-state index contributed by atoms with van der Waals surface area (Å²) in [5.74, 6) is -2.41. The molecule has 0 aliphatic carbocycles. The summed E-state index contributed by atoms with van der Waals surface area (Å²) in [6.45, 7) is 6.49. The molecule has 0 amide bonds. The van der Waals surface area contributed by atoms with Crippen LogP contribution in [0.25, 0.3) is 0 Å². The summed E-state index contributed by atoms with van der Waals surface area (Å²) >= 11 is 0. The van der Waals surface area contributed by atoms with Gasteiger partial charge in [0.2, 0.25) is 0 Å². The first-order chi connectivity index (χ1) is 14.3. The molecule has 30 heavy (non-hydrogen) atoms. The summed E-state index contributed by atoms with van der Waals surface area (Å²) in [5, 5.41) is 35.4. The maximum Gasteiger partial charge on any atom is 0.328 e. The number of rotatable bonds is 5. The van der Waals surface area contributed by atoms with E-state index in [1.807, 2.05) is 24.3 Å². The van der Waals surface area contributed by atoms with Gasteiger partial charge in [0.15, 0.2) is 11.5 Å². The fourth-order valence-electron chi connectivity index (χ4n) is 3.36. The van der Waals surface area contributed by atoms with Crippen LogP contribution in [0.1, 0.15) is 22.6 Å². The Morgan fingerprint density at radius 3 is 2.20 bits per heavy atom. The fourth-order valence-corrected chi connectivity index (χ4v) is 3.36. The van der Waals surface area contributed by atoms with Gasteiger partial charge in [0.1, 0.15) is 0 Å². The summed E-state index contributed by atoms with van der Waals surface area (Å²) < 4.78 is 0. The average molecular weight is 411 g/mol. The SMILES string of the molecule is C=CCN1CCc2cc(O)c(O)cc2C(c2ccccc2)C1.O=C(O)/C=C\C(=O)O. The number of benzene rings is 2. The molecule has 0 bridgehead atoms. The van der Waals surface area contributed by atoms with E-state index in [0.29, 0.717) is 12.2 Å². The number of aliphatic carboxylic acids is 2. The quantitative estimate of drug-likeness (QED) is 0.339. The molecule has 0 aromatic heterocycles. The maximum atomic E-state index is 9.92. The molecule has 158 valence electrons. The minimum atomic E-state index is -1.26. The second-order valence-electron chi connectivity index (χ2n) is 6.81. The first-order valence-electron chi connectivity index (χ1n) is 9.38. The third kappa shape index (κ3) is 6.49. The molecule has 1 aliphatic rings. The number of phenolic OH excluding ortho intramolecular Hbond substituents is 2. The molecule has 0 spiro atoms. The normalized spacial score (nSPS) is 16.1. The highest BCUT2D eigenvalue weighted by Crippen LogP contribution is 2.37. The van der Waals surface area contributed by atoms with Crippen molar-refractivity contribution in [2.45, 2.75) is 12.3 Å². The van der Waals surface area contributed by atoms with Crippen LogP contribution in [-0.2, 0) is 16.0 Å². The number of hydrogen-bond acceptors (Lipinski definition) is 5. The lowest BCUT2D eigenvalue weighted by atomic mass is 9.87. The second kappa shape index (κ2) is 10.8. The zero-order chi connectivity index (χ0) is 22.1. The highest BCUT2D eigenvalue weighted by molar-refractivity contribution is 5.89. The van der Waals surface area contributed by atoms with Crippen molar-refractivity contribution >= 4 is 11.9 Å². The van der Waals surface area contributed by atoms with Gasteiger partial charge in [-0.05, 0) is 35.2 Å². The van der Waals surface area contributed by atoms with Gasteiger partial charge in [-0.15, -0.1) is 6.58 Å². The van der Waals surface area contributed by atoms with Gasteiger partial charge in [-0.3, -0.25) is 4.90 Å². The number of phenols is 2. The van der Waals surface area contributed by atoms with Gasteiger partial charge < -0.3 is 20.4 Å². The Balaban J connectivity index is 0.000000343. The van der Waals surface area contributed by atoms with Gasteiger partial charge in [-0.1, -0.05) is 36.4 Å². The predicted octanol–water partition coefficient (Wildman–Crippen LogP) is 2.99. The molecule has 7 nitrogen and oxygen atoms in total. The van der Waals surface area contributed by atoms with Crippen LogP contribution in [0.5, 0.6) is 11.5 Å². The van der Waals surface area contributed by atoms with Crippen LogP contribution < -0.4 is 0 Å². The molecule has 0 radical (unpaired) electrons. The molecular formula is C23H25NO6. The Morgan fingerprint density at radius 1 is 1.03 bits per heavy atom. The smallest absolute Gasteiger partial charge is 0.328 e. The lowest BCUT2D eigenvalue weighted by molar-refractivity contribution is -0.134. The first-order valence-corrected chi connectivity index (χ1v) is 9.38. The first kappa shape index (κ1) is 22.7.